The van der Waals surface area contributed by atoms with Crippen molar-refractivity contribution in [2.45, 2.75) is 116 Å². The Morgan fingerprint density at radius 1 is 0.441 bits per heavy atom. The molecule has 0 N–H and O–H groups in total. The Labute approximate surface area is 373 Å². The van der Waals surface area contributed by atoms with Crippen molar-refractivity contribution in [3.8, 4) is 56.3 Å². The van der Waals surface area contributed by atoms with Crippen LogP contribution >= 0.6 is 0 Å². The van der Waals surface area contributed by atoms with Gasteiger partial charge in [0, 0.05) is 11.1 Å². The van der Waals surface area contributed by atoms with Crippen LogP contribution in [0, 0.1) is 78.1 Å². The first-order valence-electron chi connectivity index (χ1n) is 21.9. The SMILES string of the molecule is Cc1cc(-c2ccccc2-c2cccc(-c3ccccc3-c3cc(C)c(C)c(C45CC6CC(CC(C6)C4)C5)c3[O-])n2)c([O-])c(C23CC4CC(CC(C4)C2)C3)c1C.[CH3-].[CH3-].[Hf+4]. The minimum absolute atomic E-state index is 0. The van der Waals surface area contributed by atoms with Gasteiger partial charge < -0.3 is 25.1 Å². The molecule has 0 aliphatic heterocycles. The zero-order valence-corrected chi connectivity index (χ0v) is 39.8. The normalized spacial score (nSPS) is 29.4. The number of aryl methyl sites for hydroxylation is 2. The van der Waals surface area contributed by atoms with E-state index in [0.717, 1.165) is 91.4 Å². The van der Waals surface area contributed by atoms with Crippen molar-refractivity contribution >= 4 is 0 Å². The molecule has 59 heavy (non-hydrogen) atoms. The number of rotatable bonds is 6. The molecule has 0 spiro atoms. The molecule has 8 aliphatic carbocycles. The summed E-state index contributed by atoms with van der Waals surface area (Å²) in [6.45, 7) is 8.81. The van der Waals surface area contributed by atoms with Gasteiger partial charge in [-0.15, -0.1) is 0 Å². The standard InChI is InChI=1S/C53H57NO2.2CH3.Hf/c1-30-16-44(50(55)48(32(30)3)52-24-34-18-35(25-52)20-36(19-34)26-52)40-10-5-7-12-42(40)46-14-9-15-47(54-46)43-13-8-6-11-41(43)45-17-31(2)33(4)49(51(45)56)53-27-37-21-38(28-53)23-39(22-37)29-53;;;/h5-17,34-39,55-56H,18-29H2,1-4H3;2*1H3;/q;2*-1;+4/p-2. The van der Waals surface area contributed by atoms with Crippen molar-refractivity contribution in [1.82, 2.24) is 4.98 Å². The molecule has 8 bridgehead atoms. The van der Waals surface area contributed by atoms with Crippen LogP contribution in [0.25, 0.3) is 44.8 Å². The summed E-state index contributed by atoms with van der Waals surface area (Å²) in [6, 6.07) is 27.3. The first-order chi connectivity index (χ1) is 27.1. The number of pyridine rings is 1. The molecule has 8 aliphatic rings. The summed E-state index contributed by atoms with van der Waals surface area (Å²) in [5.41, 5.74) is 14.3. The summed E-state index contributed by atoms with van der Waals surface area (Å²) in [7, 11) is 0. The molecule has 13 rings (SSSR count). The molecule has 0 unspecified atom stereocenters. The quantitative estimate of drug-likeness (QED) is 0.126. The third kappa shape index (κ3) is 6.63. The molecule has 8 fully saturated rings. The maximum absolute atomic E-state index is 15.0. The minimum Gasteiger partial charge on any atom is -0.872 e. The summed E-state index contributed by atoms with van der Waals surface area (Å²) in [5.74, 6) is 5.11. The molecule has 8 saturated carbocycles. The molecule has 0 saturated heterocycles. The predicted octanol–water partition coefficient (Wildman–Crippen LogP) is 13.0. The van der Waals surface area contributed by atoms with Crippen molar-refractivity contribution in [2.24, 2.45) is 35.5 Å². The topological polar surface area (TPSA) is 59.0 Å². The molecule has 3 nitrogen and oxygen atoms in total. The van der Waals surface area contributed by atoms with Gasteiger partial charge in [-0.2, -0.15) is 0 Å². The Kier molecular flexibility index (Phi) is 11.0. The number of hydrogen-bond acceptors (Lipinski definition) is 3. The Morgan fingerprint density at radius 3 is 1.07 bits per heavy atom. The maximum atomic E-state index is 15.0. The first kappa shape index (κ1) is 42.2. The fourth-order valence-corrected chi connectivity index (χ4v) is 14.9. The van der Waals surface area contributed by atoms with Gasteiger partial charge in [-0.25, -0.2) is 4.98 Å². The molecule has 1 heterocycles. The Hall–Kier alpha value is -3.50. The third-order valence-corrected chi connectivity index (χ3v) is 16.5. The van der Waals surface area contributed by atoms with E-state index < -0.39 is 0 Å². The van der Waals surface area contributed by atoms with Crippen LogP contribution in [0.1, 0.15) is 110 Å². The van der Waals surface area contributed by atoms with Crippen molar-refractivity contribution in [2.75, 3.05) is 0 Å². The fraction of sp³-hybridized carbons (Fsp3) is 0.436. The second-order valence-electron chi connectivity index (χ2n) is 20.0. The second kappa shape index (κ2) is 15.4. The van der Waals surface area contributed by atoms with E-state index in [9.17, 15) is 10.2 Å². The fourth-order valence-electron chi connectivity index (χ4n) is 14.9. The van der Waals surface area contributed by atoms with Crippen LogP contribution in [-0.4, -0.2) is 4.98 Å². The van der Waals surface area contributed by atoms with Gasteiger partial charge in [0.25, 0.3) is 0 Å². The summed E-state index contributed by atoms with van der Waals surface area (Å²) in [6.07, 6.45) is 15.3. The van der Waals surface area contributed by atoms with Crippen molar-refractivity contribution in [3.05, 3.63) is 127 Å². The average Bonchev–Trinajstić information content (AvgIpc) is 3.17. The van der Waals surface area contributed by atoms with Gasteiger partial charge >= 0.3 is 25.8 Å². The Morgan fingerprint density at radius 2 is 0.746 bits per heavy atom. The van der Waals surface area contributed by atoms with E-state index in [1.165, 1.54) is 99.3 Å². The van der Waals surface area contributed by atoms with E-state index in [4.69, 9.17) is 4.98 Å². The second-order valence-corrected chi connectivity index (χ2v) is 20.0. The van der Waals surface area contributed by atoms with Crippen LogP contribution in [-0.2, 0) is 36.7 Å². The number of hydrogen-bond donors (Lipinski definition) is 0. The Balaban J connectivity index is 0.00000161. The van der Waals surface area contributed by atoms with Gasteiger partial charge in [0.05, 0.1) is 11.4 Å². The monoisotopic (exact) mass is 947 g/mol. The molecule has 0 radical (unpaired) electrons. The van der Waals surface area contributed by atoms with Crippen LogP contribution in [0.15, 0.2) is 78.9 Å². The van der Waals surface area contributed by atoms with Gasteiger partial charge in [0.1, 0.15) is 0 Å². The van der Waals surface area contributed by atoms with Gasteiger partial charge in [-0.05, 0) is 219 Å². The maximum Gasteiger partial charge on any atom is 4.00 e. The zero-order chi connectivity index (χ0) is 38.1. The first-order valence-corrected chi connectivity index (χ1v) is 21.9. The molecular weight excluding hydrogens is 885 g/mol. The van der Waals surface area contributed by atoms with E-state index >= 15 is 0 Å². The summed E-state index contributed by atoms with van der Waals surface area (Å²) in [5, 5.41) is 30.0. The van der Waals surface area contributed by atoms with Crippen LogP contribution in [0.2, 0.25) is 0 Å². The molecule has 5 aromatic rings. The van der Waals surface area contributed by atoms with Gasteiger partial charge in [-0.3, -0.25) is 0 Å². The molecule has 302 valence electrons. The Bertz CT molecular complexity index is 2190. The van der Waals surface area contributed by atoms with Crippen molar-refractivity contribution in [3.63, 3.8) is 0 Å². The van der Waals surface area contributed by atoms with E-state index in [2.05, 4.69) is 107 Å². The van der Waals surface area contributed by atoms with E-state index in [0.29, 0.717) is 0 Å². The van der Waals surface area contributed by atoms with Gasteiger partial charge in [0.15, 0.2) is 0 Å². The van der Waals surface area contributed by atoms with Crippen LogP contribution < -0.4 is 10.2 Å². The van der Waals surface area contributed by atoms with E-state index in [1.54, 1.807) is 0 Å². The number of nitrogens with zero attached hydrogens (tertiary/aromatic N) is 1. The summed E-state index contributed by atoms with van der Waals surface area (Å²) < 4.78 is 0. The minimum atomic E-state index is 0. The summed E-state index contributed by atoms with van der Waals surface area (Å²) in [4.78, 5) is 5.37. The van der Waals surface area contributed by atoms with Crippen LogP contribution in [0.4, 0.5) is 0 Å². The van der Waals surface area contributed by atoms with E-state index in [-0.39, 0.29) is 63.0 Å². The number of benzene rings is 4. The molecular formula is C55H61HfNO2. The van der Waals surface area contributed by atoms with Crippen molar-refractivity contribution < 1.29 is 36.1 Å². The molecule has 4 heteroatoms. The van der Waals surface area contributed by atoms with Crippen LogP contribution in [0.3, 0.4) is 0 Å². The molecule has 0 atom stereocenters. The van der Waals surface area contributed by atoms with Gasteiger partial charge in [-0.1, -0.05) is 78.2 Å². The van der Waals surface area contributed by atoms with Crippen molar-refractivity contribution in [1.29, 1.82) is 0 Å². The average molecular weight is 947 g/mol. The number of aromatic nitrogens is 1. The van der Waals surface area contributed by atoms with E-state index in [1.807, 2.05) is 0 Å². The van der Waals surface area contributed by atoms with Crippen LogP contribution in [0.5, 0.6) is 11.5 Å². The zero-order valence-electron chi connectivity index (χ0n) is 36.2. The predicted molar refractivity (Wildman–Crippen MR) is 236 cm³/mol. The van der Waals surface area contributed by atoms with Gasteiger partial charge in [0.2, 0.25) is 0 Å². The third-order valence-electron chi connectivity index (χ3n) is 16.5. The molecule has 0 amide bonds. The summed E-state index contributed by atoms with van der Waals surface area (Å²) >= 11 is 0. The molecule has 1 aromatic heterocycles. The largest absolute Gasteiger partial charge is 4.00 e. The smallest absolute Gasteiger partial charge is 0.872 e. The molecule has 4 aromatic carbocycles.